The number of ketones is 1. The van der Waals surface area contributed by atoms with Crippen LogP contribution in [-0.2, 0) is 15.6 Å². The number of rotatable bonds is 3. The standard InChI is InChI=1S/C16H24O/c1-12(17)11-16(5,6)14-9-7-13(8-10-14)15(2,3)4/h7-10H,11H2,1-6H3. The molecule has 0 aliphatic carbocycles. The van der Waals surface area contributed by atoms with Crippen LogP contribution in [0.5, 0.6) is 0 Å². The lowest BCUT2D eigenvalue weighted by atomic mass is 9.78. The van der Waals surface area contributed by atoms with Crippen LogP contribution in [0.25, 0.3) is 0 Å². The average Bonchev–Trinajstić information content (AvgIpc) is 2.14. The van der Waals surface area contributed by atoms with E-state index >= 15 is 0 Å². The first-order valence-corrected chi connectivity index (χ1v) is 6.23. The second kappa shape index (κ2) is 4.64. The number of benzene rings is 1. The molecule has 0 N–H and O–H groups in total. The first-order valence-electron chi connectivity index (χ1n) is 6.23. The molecule has 0 saturated heterocycles. The minimum atomic E-state index is -0.0672. The Morgan fingerprint density at radius 3 is 1.71 bits per heavy atom. The number of carbonyl (C=O) groups excluding carboxylic acids is 1. The maximum Gasteiger partial charge on any atom is 0.130 e. The largest absolute Gasteiger partial charge is 0.300 e. The van der Waals surface area contributed by atoms with Gasteiger partial charge in [-0.3, -0.25) is 4.79 Å². The summed E-state index contributed by atoms with van der Waals surface area (Å²) >= 11 is 0. The lowest BCUT2D eigenvalue weighted by molar-refractivity contribution is -0.118. The Labute approximate surface area is 105 Å². The van der Waals surface area contributed by atoms with Crippen molar-refractivity contribution in [2.75, 3.05) is 0 Å². The van der Waals surface area contributed by atoms with Gasteiger partial charge in [-0.1, -0.05) is 58.9 Å². The topological polar surface area (TPSA) is 17.1 Å². The Bertz CT molecular complexity index is 391. The van der Waals surface area contributed by atoms with Gasteiger partial charge in [-0.2, -0.15) is 0 Å². The summed E-state index contributed by atoms with van der Waals surface area (Å²) in [6.07, 6.45) is 0.599. The molecule has 1 rings (SSSR count). The molecule has 0 aromatic heterocycles. The van der Waals surface area contributed by atoms with Crippen molar-refractivity contribution in [1.29, 1.82) is 0 Å². The molecule has 0 amide bonds. The number of hydrogen-bond acceptors (Lipinski definition) is 1. The fraction of sp³-hybridized carbons (Fsp3) is 0.562. The molecule has 0 unspecified atom stereocenters. The summed E-state index contributed by atoms with van der Waals surface area (Å²) in [5.41, 5.74) is 2.69. The molecule has 0 spiro atoms. The Kier molecular flexibility index (Phi) is 3.81. The molecular weight excluding hydrogens is 208 g/mol. The van der Waals surface area contributed by atoms with E-state index in [0.717, 1.165) is 0 Å². The summed E-state index contributed by atoms with van der Waals surface area (Å²) in [7, 11) is 0. The maximum absolute atomic E-state index is 11.3. The smallest absolute Gasteiger partial charge is 0.130 e. The van der Waals surface area contributed by atoms with Crippen molar-refractivity contribution >= 4 is 5.78 Å². The van der Waals surface area contributed by atoms with Crippen LogP contribution < -0.4 is 0 Å². The van der Waals surface area contributed by atoms with Crippen molar-refractivity contribution in [2.45, 2.75) is 58.8 Å². The summed E-state index contributed by atoms with van der Waals surface area (Å²) < 4.78 is 0. The van der Waals surface area contributed by atoms with Gasteiger partial charge in [-0.15, -0.1) is 0 Å². The molecule has 1 heteroatoms. The van der Waals surface area contributed by atoms with E-state index in [1.165, 1.54) is 11.1 Å². The van der Waals surface area contributed by atoms with E-state index < -0.39 is 0 Å². The van der Waals surface area contributed by atoms with Crippen LogP contribution in [0.4, 0.5) is 0 Å². The summed E-state index contributed by atoms with van der Waals surface area (Å²) in [5.74, 6) is 0.245. The minimum Gasteiger partial charge on any atom is -0.300 e. The molecule has 1 nitrogen and oxygen atoms in total. The van der Waals surface area contributed by atoms with Crippen molar-refractivity contribution in [2.24, 2.45) is 0 Å². The van der Waals surface area contributed by atoms with E-state index in [4.69, 9.17) is 0 Å². The Morgan fingerprint density at radius 2 is 1.35 bits per heavy atom. The SMILES string of the molecule is CC(=O)CC(C)(C)c1ccc(C(C)(C)C)cc1. The van der Waals surface area contributed by atoms with Crippen molar-refractivity contribution in [3.63, 3.8) is 0 Å². The highest BCUT2D eigenvalue weighted by molar-refractivity contribution is 5.77. The summed E-state index contributed by atoms with van der Waals surface area (Å²) in [6.45, 7) is 12.5. The van der Waals surface area contributed by atoms with E-state index in [1.807, 2.05) is 0 Å². The van der Waals surface area contributed by atoms with E-state index in [0.29, 0.717) is 6.42 Å². The Hall–Kier alpha value is -1.11. The normalized spacial score (nSPS) is 12.6. The van der Waals surface area contributed by atoms with Crippen molar-refractivity contribution in [1.82, 2.24) is 0 Å². The van der Waals surface area contributed by atoms with Crippen LogP contribution in [0.1, 0.15) is 59.1 Å². The molecule has 0 saturated carbocycles. The Balaban J connectivity index is 2.98. The molecule has 0 aliphatic rings. The van der Waals surface area contributed by atoms with Gasteiger partial charge in [0.1, 0.15) is 5.78 Å². The zero-order valence-corrected chi connectivity index (χ0v) is 11.9. The van der Waals surface area contributed by atoms with Gasteiger partial charge in [0.15, 0.2) is 0 Å². The highest BCUT2D eigenvalue weighted by atomic mass is 16.1. The molecule has 94 valence electrons. The van der Waals surface area contributed by atoms with Gasteiger partial charge in [0, 0.05) is 6.42 Å². The molecule has 1 aromatic carbocycles. The van der Waals surface area contributed by atoms with Gasteiger partial charge in [-0.25, -0.2) is 0 Å². The fourth-order valence-electron chi connectivity index (χ4n) is 2.15. The fourth-order valence-corrected chi connectivity index (χ4v) is 2.15. The van der Waals surface area contributed by atoms with Crippen LogP contribution in [0, 0.1) is 0 Å². The van der Waals surface area contributed by atoms with Gasteiger partial charge >= 0.3 is 0 Å². The minimum absolute atomic E-state index is 0.0672. The third kappa shape index (κ3) is 3.69. The van der Waals surface area contributed by atoms with Crippen LogP contribution in [0.3, 0.4) is 0 Å². The third-order valence-electron chi connectivity index (χ3n) is 3.22. The van der Waals surface area contributed by atoms with Crippen LogP contribution >= 0.6 is 0 Å². The van der Waals surface area contributed by atoms with Gasteiger partial charge in [0.05, 0.1) is 0 Å². The average molecular weight is 232 g/mol. The third-order valence-corrected chi connectivity index (χ3v) is 3.22. The highest BCUT2D eigenvalue weighted by Gasteiger charge is 2.23. The quantitative estimate of drug-likeness (QED) is 0.761. The second-order valence-corrected chi connectivity index (χ2v) is 6.59. The summed E-state index contributed by atoms with van der Waals surface area (Å²) in [4.78, 5) is 11.3. The van der Waals surface area contributed by atoms with Crippen molar-refractivity contribution in [3.8, 4) is 0 Å². The molecule has 17 heavy (non-hydrogen) atoms. The second-order valence-electron chi connectivity index (χ2n) is 6.59. The van der Waals surface area contributed by atoms with Gasteiger partial charge < -0.3 is 0 Å². The van der Waals surface area contributed by atoms with E-state index in [1.54, 1.807) is 6.92 Å². The van der Waals surface area contributed by atoms with Crippen LogP contribution in [-0.4, -0.2) is 5.78 Å². The number of Topliss-reactive ketones (excluding diaryl/α,β-unsaturated/α-hetero) is 1. The highest BCUT2D eigenvalue weighted by Crippen LogP contribution is 2.30. The van der Waals surface area contributed by atoms with E-state index in [-0.39, 0.29) is 16.6 Å². The monoisotopic (exact) mass is 232 g/mol. The first-order chi connectivity index (χ1) is 7.63. The van der Waals surface area contributed by atoms with E-state index in [2.05, 4.69) is 58.9 Å². The zero-order valence-electron chi connectivity index (χ0n) is 11.9. The van der Waals surface area contributed by atoms with Crippen molar-refractivity contribution in [3.05, 3.63) is 35.4 Å². The molecule has 0 bridgehead atoms. The Morgan fingerprint density at radius 1 is 0.941 bits per heavy atom. The van der Waals surface area contributed by atoms with Gasteiger partial charge in [0.25, 0.3) is 0 Å². The molecule has 1 aromatic rings. The summed E-state index contributed by atoms with van der Waals surface area (Å²) in [5, 5.41) is 0. The van der Waals surface area contributed by atoms with E-state index in [9.17, 15) is 4.79 Å². The van der Waals surface area contributed by atoms with Crippen LogP contribution in [0.2, 0.25) is 0 Å². The predicted molar refractivity (Wildman–Crippen MR) is 73.5 cm³/mol. The molecular formula is C16H24O. The van der Waals surface area contributed by atoms with Crippen molar-refractivity contribution < 1.29 is 4.79 Å². The zero-order chi connectivity index (χ0) is 13.3. The molecule has 0 atom stereocenters. The molecule has 0 aliphatic heterocycles. The van der Waals surface area contributed by atoms with Gasteiger partial charge in [-0.05, 0) is 28.9 Å². The maximum atomic E-state index is 11.3. The molecule has 0 heterocycles. The predicted octanol–water partition coefficient (Wildman–Crippen LogP) is 4.24. The lowest BCUT2D eigenvalue weighted by Crippen LogP contribution is -2.21. The van der Waals surface area contributed by atoms with Gasteiger partial charge in [0.2, 0.25) is 0 Å². The lowest BCUT2D eigenvalue weighted by Gasteiger charge is -2.26. The molecule has 0 fully saturated rings. The number of hydrogen-bond donors (Lipinski definition) is 0. The molecule has 0 radical (unpaired) electrons. The first kappa shape index (κ1) is 14.0. The summed E-state index contributed by atoms with van der Waals surface area (Å²) in [6, 6.07) is 8.67. The van der Waals surface area contributed by atoms with Crippen LogP contribution in [0.15, 0.2) is 24.3 Å². The number of carbonyl (C=O) groups is 1.